The molecule has 0 atom stereocenters. The largest absolute Gasteiger partial charge is 0.382 e. The van der Waals surface area contributed by atoms with Gasteiger partial charge in [0.15, 0.2) is 0 Å². The van der Waals surface area contributed by atoms with Crippen LogP contribution in [0.4, 0.5) is 5.69 Å². The summed E-state index contributed by atoms with van der Waals surface area (Å²) in [5.74, 6) is 3.13. The van der Waals surface area contributed by atoms with Crippen LogP contribution in [0.1, 0.15) is 19.3 Å². The molecule has 1 fully saturated rings. The summed E-state index contributed by atoms with van der Waals surface area (Å²) in [6.45, 7) is 1.10. The molecule has 1 heterocycles. The molecule has 0 amide bonds. The van der Waals surface area contributed by atoms with Crippen molar-refractivity contribution in [3.05, 3.63) is 21.0 Å². The number of nitrogens with one attached hydrogen (secondary N) is 1. The van der Waals surface area contributed by atoms with Gasteiger partial charge in [-0.2, -0.15) is 5.10 Å². The van der Waals surface area contributed by atoms with E-state index in [2.05, 4.69) is 32.3 Å². The third-order valence-corrected chi connectivity index (χ3v) is 3.80. The Labute approximate surface area is 109 Å². The van der Waals surface area contributed by atoms with E-state index in [1.165, 1.54) is 23.9 Å². The van der Waals surface area contributed by atoms with Crippen LogP contribution in [0, 0.1) is 18.3 Å². The Balaban J connectivity index is 2.10. The van der Waals surface area contributed by atoms with E-state index in [0.29, 0.717) is 4.47 Å². The van der Waals surface area contributed by atoms with E-state index in [1.54, 1.807) is 6.20 Å². The lowest BCUT2D eigenvalue weighted by Crippen LogP contribution is -2.26. The lowest BCUT2D eigenvalue weighted by molar-refractivity contribution is 0.333. The first kappa shape index (κ1) is 12.2. The first-order valence-electron chi connectivity index (χ1n) is 5.65. The van der Waals surface area contributed by atoms with Gasteiger partial charge in [-0.25, -0.2) is 4.68 Å². The van der Waals surface area contributed by atoms with Gasteiger partial charge in [0.05, 0.1) is 11.9 Å². The van der Waals surface area contributed by atoms with Crippen molar-refractivity contribution in [2.45, 2.75) is 25.8 Å². The molecule has 1 aliphatic carbocycles. The monoisotopic (exact) mass is 295 g/mol. The zero-order chi connectivity index (χ0) is 12.3. The van der Waals surface area contributed by atoms with Gasteiger partial charge in [-0.05, 0) is 34.7 Å². The predicted molar refractivity (Wildman–Crippen MR) is 70.9 cm³/mol. The molecule has 0 aliphatic heterocycles. The molecule has 1 aliphatic rings. The van der Waals surface area contributed by atoms with Gasteiger partial charge in [0.2, 0.25) is 0 Å². The SMILES string of the molecule is C#CCn1ncc(NCC2CCC2)c(Br)c1=O. The minimum atomic E-state index is -0.193. The van der Waals surface area contributed by atoms with E-state index in [4.69, 9.17) is 6.42 Å². The number of halogens is 1. The van der Waals surface area contributed by atoms with Crippen LogP contribution in [-0.2, 0) is 6.54 Å². The first-order valence-corrected chi connectivity index (χ1v) is 6.44. The zero-order valence-electron chi connectivity index (χ0n) is 9.45. The van der Waals surface area contributed by atoms with Crippen LogP contribution in [0.3, 0.4) is 0 Å². The van der Waals surface area contributed by atoms with Gasteiger partial charge in [-0.1, -0.05) is 12.3 Å². The number of nitrogens with zero attached hydrogens (tertiary/aromatic N) is 2. The third kappa shape index (κ3) is 2.70. The number of hydrogen-bond donors (Lipinski definition) is 1. The van der Waals surface area contributed by atoms with Crippen LogP contribution in [0.2, 0.25) is 0 Å². The molecular weight excluding hydrogens is 282 g/mol. The molecule has 4 nitrogen and oxygen atoms in total. The van der Waals surface area contributed by atoms with Crippen molar-refractivity contribution >= 4 is 21.6 Å². The van der Waals surface area contributed by atoms with E-state index in [9.17, 15) is 4.79 Å². The Bertz CT molecular complexity index is 499. The highest BCUT2D eigenvalue weighted by Crippen LogP contribution is 2.27. The summed E-state index contributed by atoms with van der Waals surface area (Å²) in [4.78, 5) is 11.8. The predicted octanol–water partition coefficient (Wildman–Crippen LogP) is 1.85. The van der Waals surface area contributed by atoms with E-state index >= 15 is 0 Å². The molecule has 0 spiro atoms. The molecule has 0 radical (unpaired) electrons. The Morgan fingerprint density at radius 1 is 1.65 bits per heavy atom. The molecule has 2 rings (SSSR count). The molecule has 0 saturated heterocycles. The minimum Gasteiger partial charge on any atom is -0.382 e. The summed E-state index contributed by atoms with van der Waals surface area (Å²) in [6.07, 6.45) is 10.7. The fourth-order valence-electron chi connectivity index (χ4n) is 1.74. The number of hydrogen-bond acceptors (Lipinski definition) is 3. The summed E-state index contributed by atoms with van der Waals surface area (Å²) in [6, 6.07) is 0. The van der Waals surface area contributed by atoms with Gasteiger partial charge in [-0.15, -0.1) is 6.42 Å². The maximum atomic E-state index is 11.8. The standard InChI is InChI=1S/C12H14BrN3O/c1-2-6-16-12(17)11(13)10(8-15-16)14-7-9-4-3-5-9/h1,8-9,14H,3-7H2. The lowest BCUT2D eigenvalue weighted by atomic mass is 9.85. The summed E-state index contributed by atoms with van der Waals surface area (Å²) in [7, 11) is 0. The van der Waals surface area contributed by atoms with E-state index < -0.39 is 0 Å². The maximum Gasteiger partial charge on any atom is 0.284 e. The highest BCUT2D eigenvalue weighted by Gasteiger charge is 2.17. The molecule has 0 bridgehead atoms. The second-order valence-corrected chi connectivity index (χ2v) is 5.01. The van der Waals surface area contributed by atoms with E-state index in [1.807, 2.05) is 0 Å². The van der Waals surface area contributed by atoms with Crippen LogP contribution < -0.4 is 10.9 Å². The molecule has 5 heteroatoms. The smallest absolute Gasteiger partial charge is 0.284 e. The van der Waals surface area contributed by atoms with Crippen molar-refractivity contribution in [2.24, 2.45) is 5.92 Å². The summed E-state index contributed by atoms with van der Waals surface area (Å²) >= 11 is 3.29. The van der Waals surface area contributed by atoms with Crippen molar-refractivity contribution in [3.63, 3.8) is 0 Å². The number of aromatic nitrogens is 2. The molecule has 0 aromatic carbocycles. The van der Waals surface area contributed by atoms with Crippen molar-refractivity contribution < 1.29 is 0 Å². The molecule has 1 aromatic heterocycles. The molecule has 17 heavy (non-hydrogen) atoms. The average molecular weight is 296 g/mol. The highest BCUT2D eigenvalue weighted by atomic mass is 79.9. The van der Waals surface area contributed by atoms with Crippen molar-refractivity contribution in [1.29, 1.82) is 0 Å². The molecular formula is C12H14BrN3O. The van der Waals surface area contributed by atoms with Crippen LogP contribution in [0.25, 0.3) is 0 Å². The average Bonchev–Trinajstić information content (AvgIpc) is 2.26. The van der Waals surface area contributed by atoms with Crippen LogP contribution in [0.5, 0.6) is 0 Å². The van der Waals surface area contributed by atoms with Crippen molar-refractivity contribution in [3.8, 4) is 12.3 Å². The second-order valence-electron chi connectivity index (χ2n) is 4.22. The normalized spacial score (nSPS) is 15.1. The topological polar surface area (TPSA) is 46.9 Å². The fraction of sp³-hybridized carbons (Fsp3) is 0.500. The van der Waals surface area contributed by atoms with Gasteiger partial charge in [0, 0.05) is 6.54 Å². The molecule has 1 N–H and O–H groups in total. The third-order valence-electron chi connectivity index (χ3n) is 3.03. The Kier molecular flexibility index (Phi) is 3.85. The number of terminal acetylenes is 1. The molecule has 90 valence electrons. The minimum absolute atomic E-state index is 0.193. The lowest BCUT2D eigenvalue weighted by Gasteiger charge is -2.25. The number of rotatable bonds is 4. The van der Waals surface area contributed by atoms with Crippen molar-refractivity contribution in [2.75, 3.05) is 11.9 Å². The molecule has 1 saturated carbocycles. The highest BCUT2D eigenvalue weighted by molar-refractivity contribution is 9.10. The molecule has 1 aromatic rings. The van der Waals surface area contributed by atoms with E-state index in [-0.39, 0.29) is 12.1 Å². The van der Waals surface area contributed by atoms with Gasteiger partial charge < -0.3 is 5.32 Å². The Morgan fingerprint density at radius 3 is 3.00 bits per heavy atom. The Hall–Kier alpha value is -1.28. The van der Waals surface area contributed by atoms with Gasteiger partial charge in [0.25, 0.3) is 5.56 Å². The zero-order valence-corrected chi connectivity index (χ0v) is 11.0. The van der Waals surface area contributed by atoms with Gasteiger partial charge in [-0.3, -0.25) is 4.79 Å². The second kappa shape index (κ2) is 5.37. The Morgan fingerprint density at radius 2 is 2.41 bits per heavy atom. The first-order chi connectivity index (χ1) is 8.22. The summed E-state index contributed by atoms with van der Waals surface area (Å²) in [5.41, 5.74) is 0.553. The van der Waals surface area contributed by atoms with Crippen molar-refractivity contribution in [1.82, 2.24) is 9.78 Å². The maximum absolute atomic E-state index is 11.8. The van der Waals surface area contributed by atoms with E-state index in [0.717, 1.165) is 18.2 Å². The molecule has 0 unspecified atom stereocenters. The van der Waals surface area contributed by atoms with Gasteiger partial charge >= 0.3 is 0 Å². The quantitative estimate of drug-likeness (QED) is 0.863. The van der Waals surface area contributed by atoms with Gasteiger partial charge in [0.1, 0.15) is 11.0 Å². The van der Waals surface area contributed by atoms with Crippen LogP contribution in [-0.4, -0.2) is 16.3 Å². The van der Waals surface area contributed by atoms with Crippen LogP contribution in [0.15, 0.2) is 15.5 Å². The van der Waals surface area contributed by atoms with Crippen LogP contribution >= 0.6 is 15.9 Å². The fourth-order valence-corrected chi connectivity index (χ4v) is 2.19. The summed E-state index contributed by atoms with van der Waals surface area (Å²) in [5, 5.41) is 7.27. The number of anilines is 1. The summed E-state index contributed by atoms with van der Waals surface area (Å²) < 4.78 is 1.76.